The van der Waals surface area contributed by atoms with Gasteiger partial charge in [0.15, 0.2) is 0 Å². The molecule has 0 radical (unpaired) electrons. The van der Waals surface area contributed by atoms with E-state index in [4.69, 9.17) is 5.73 Å². The van der Waals surface area contributed by atoms with Crippen LogP contribution in [0.15, 0.2) is 0 Å². The first-order chi connectivity index (χ1) is 10.2. The monoisotopic (exact) mass is 292 g/mol. The number of unbranched alkanes of at least 4 members (excludes halogenated alkanes) is 3. The van der Waals surface area contributed by atoms with E-state index < -0.39 is 0 Å². The maximum absolute atomic E-state index is 12.5. The Hall–Kier alpha value is -0.570. The third kappa shape index (κ3) is 3.28. The normalized spacial score (nSPS) is 37.0. The Kier molecular flexibility index (Phi) is 4.88. The molecular weight excluding hydrogens is 260 g/mol. The summed E-state index contributed by atoms with van der Waals surface area (Å²) in [5.41, 5.74) is 5.51. The van der Waals surface area contributed by atoms with Crippen molar-refractivity contribution in [2.45, 2.75) is 70.3 Å². The van der Waals surface area contributed by atoms with Crippen LogP contribution in [0.2, 0.25) is 0 Å². The first-order valence-electron chi connectivity index (χ1n) is 9.14. The Morgan fingerprint density at radius 1 is 0.952 bits per heavy atom. The quantitative estimate of drug-likeness (QED) is 0.733. The van der Waals surface area contributed by atoms with E-state index in [0.29, 0.717) is 11.9 Å². The summed E-state index contributed by atoms with van der Waals surface area (Å²) < 4.78 is 0. The van der Waals surface area contributed by atoms with E-state index in [1.54, 1.807) is 0 Å². The van der Waals surface area contributed by atoms with Crippen molar-refractivity contribution in [2.75, 3.05) is 13.6 Å². The van der Waals surface area contributed by atoms with E-state index in [-0.39, 0.29) is 0 Å². The zero-order valence-electron chi connectivity index (χ0n) is 13.6. The minimum atomic E-state index is 0.389. The summed E-state index contributed by atoms with van der Waals surface area (Å²) in [4.78, 5) is 14.6. The highest BCUT2D eigenvalue weighted by Crippen LogP contribution is 2.55. The van der Waals surface area contributed by atoms with Crippen molar-refractivity contribution < 1.29 is 4.79 Å². The number of nitrogens with two attached hydrogens (primary N) is 1. The molecule has 4 saturated carbocycles. The molecule has 4 rings (SSSR count). The molecule has 3 heteroatoms. The molecule has 0 aromatic rings. The van der Waals surface area contributed by atoms with E-state index in [9.17, 15) is 4.79 Å². The zero-order valence-corrected chi connectivity index (χ0v) is 13.6. The van der Waals surface area contributed by atoms with Gasteiger partial charge in [-0.1, -0.05) is 12.8 Å². The summed E-state index contributed by atoms with van der Waals surface area (Å²) in [6.45, 7) is 0.779. The molecule has 4 aliphatic carbocycles. The van der Waals surface area contributed by atoms with Gasteiger partial charge in [-0.15, -0.1) is 0 Å². The van der Waals surface area contributed by atoms with Crippen LogP contribution in [0.3, 0.4) is 0 Å². The van der Waals surface area contributed by atoms with Crippen LogP contribution >= 0.6 is 0 Å². The molecule has 0 atom stereocenters. The van der Waals surface area contributed by atoms with Gasteiger partial charge in [-0.3, -0.25) is 4.79 Å². The van der Waals surface area contributed by atoms with Crippen LogP contribution in [0.5, 0.6) is 0 Å². The number of hydrogen-bond acceptors (Lipinski definition) is 2. The van der Waals surface area contributed by atoms with Gasteiger partial charge in [0.2, 0.25) is 5.91 Å². The SMILES string of the molecule is CN(C(=O)CCCCCCN)C1C2CC3CC(C2)CC1C3. The topological polar surface area (TPSA) is 46.3 Å². The number of nitrogens with zero attached hydrogens (tertiary/aromatic N) is 1. The highest BCUT2D eigenvalue weighted by Gasteiger charge is 2.50. The summed E-state index contributed by atoms with van der Waals surface area (Å²) in [5.74, 6) is 3.99. The van der Waals surface area contributed by atoms with E-state index in [1.807, 2.05) is 0 Å². The summed E-state index contributed by atoms with van der Waals surface area (Å²) in [6, 6.07) is 0.564. The Balaban J connectivity index is 1.48. The fourth-order valence-electron chi connectivity index (χ4n) is 5.65. The molecule has 120 valence electrons. The lowest BCUT2D eigenvalue weighted by Gasteiger charge is -2.56. The van der Waals surface area contributed by atoms with Crippen LogP contribution in [0.1, 0.15) is 64.2 Å². The van der Waals surface area contributed by atoms with Crippen LogP contribution in [0, 0.1) is 23.7 Å². The van der Waals surface area contributed by atoms with Crippen molar-refractivity contribution in [2.24, 2.45) is 29.4 Å². The van der Waals surface area contributed by atoms with E-state index >= 15 is 0 Å². The average Bonchev–Trinajstić information content (AvgIpc) is 2.45. The minimum absolute atomic E-state index is 0.389. The van der Waals surface area contributed by atoms with Crippen molar-refractivity contribution >= 4 is 5.91 Å². The number of carbonyl (C=O) groups excluding carboxylic acids is 1. The molecule has 0 aromatic heterocycles. The van der Waals surface area contributed by atoms with Crippen LogP contribution in [0.25, 0.3) is 0 Å². The molecule has 21 heavy (non-hydrogen) atoms. The standard InChI is InChI=1S/C18H32N2O/c1-20(17(21)6-4-2-3-5-7-19)18-15-9-13-8-14(11-15)12-16(18)10-13/h13-16,18H,2-12,19H2,1H3. The number of rotatable bonds is 7. The number of carbonyl (C=O) groups is 1. The van der Waals surface area contributed by atoms with Crippen molar-refractivity contribution in [3.05, 3.63) is 0 Å². The molecule has 4 fully saturated rings. The molecule has 3 nitrogen and oxygen atoms in total. The Labute approximate surface area is 129 Å². The van der Waals surface area contributed by atoms with Gasteiger partial charge >= 0.3 is 0 Å². The van der Waals surface area contributed by atoms with Gasteiger partial charge in [-0.05, 0) is 75.2 Å². The largest absolute Gasteiger partial charge is 0.342 e. The van der Waals surface area contributed by atoms with Crippen LogP contribution < -0.4 is 5.73 Å². The maximum atomic E-state index is 12.5. The van der Waals surface area contributed by atoms with Crippen molar-refractivity contribution in [3.8, 4) is 0 Å². The van der Waals surface area contributed by atoms with E-state index in [1.165, 1.54) is 38.5 Å². The minimum Gasteiger partial charge on any atom is -0.342 e. The lowest BCUT2D eigenvalue weighted by molar-refractivity contribution is -0.141. The van der Waals surface area contributed by atoms with E-state index in [0.717, 1.165) is 55.9 Å². The first-order valence-corrected chi connectivity index (χ1v) is 9.14. The molecule has 0 aliphatic heterocycles. The lowest BCUT2D eigenvalue weighted by Crippen LogP contribution is -2.56. The molecule has 1 amide bonds. The predicted molar refractivity (Wildman–Crippen MR) is 85.7 cm³/mol. The fraction of sp³-hybridized carbons (Fsp3) is 0.944. The summed E-state index contributed by atoms with van der Waals surface area (Å²) in [7, 11) is 2.08. The second-order valence-corrected chi connectivity index (χ2v) is 7.88. The van der Waals surface area contributed by atoms with Gasteiger partial charge in [-0.2, -0.15) is 0 Å². The Morgan fingerprint density at radius 3 is 2.10 bits per heavy atom. The first kappa shape index (κ1) is 15.3. The molecule has 0 saturated heterocycles. The third-order valence-electron chi connectivity index (χ3n) is 6.36. The third-order valence-corrected chi connectivity index (χ3v) is 6.36. The molecule has 4 aliphatic rings. The van der Waals surface area contributed by atoms with Crippen molar-refractivity contribution in [1.29, 1.82) is 0 Å². The number of amides is 1. The summed E-state index contributed by atoms with van der Waals surface area (Å²) >= 11 is 0. The highest BCUT2D eigenvalue weighted by atomic mass is 16.2. The molecular formula is C18H32N2O. The summed E-state index contributed by atoms with van der Waals surface area (Å²) in [5, 5.41) is 0. The summed E-state index contributed by atoms with van der Waals surface area (Å²) in [6.07, 6.45) is 12.3. The molecule has 4 bridgehead atoms. The van der Waals surface area contributed by atoms with Gasteiger partial charge < -0.3 is 10.6 Å². The average molecular weight is 292 g/mol. The van der Waals surface area contributed by atoms with Crippen molar-refractivity contribution in [3.63, 3.8) is 0 Å². The molecule has 0 aromatic carbocycles. The lowest BCUT2D eigenvalue weighted by atomic mass is 9.54. The maximum Gasteiger partial charge on any atom is 0.222 e. The fourth-order valence-corrected chi connectivity index (χ4v) is 5.65. The van der Waals surface area contributed by atoms with E-state index in [2.05, 4.69) is 11.9 Å². The van der Waals surface area contributed by atoms with Crippen molar-refractivity contribution in [1.82, 2.24) is 4.90 Å². The molecule has 0 spiro atoms. The van der Waals surface area contributed by atoms with Gasteiger partial charge in [0.25, 0.3) is 0 Å². The van der Waals surface area contributed by atoms with Crippen LogP contribution in [-0.2, 0) is 4.79 Å². The van der Waals surface area contributed by atoms with Crippen LogP contribution in [0.4, 0.5) is 0 Å². The molecule has 2 N–H and O–H groups in total. The highest BCUT2D eigenvalue weighted by molar-refractivity contribution is 5.76. The Morgan fingerprint density at radius 2 is 1.52 bits per heavy atom. The zero-order chi connectivity index (χ0) is 14.8. The molecule has 0 unspecified atom stereocenters. The Bertz CT molecular complexity index is 340. The van der Waals surface area contributed by atoms with Gasteiger partial charge in [-0.25, -0.2) is 0 Å². The van der Waals surface area contributed by atoms with Gasteiger partial charge in [0.1, 0.15) is 0 Å². The van der Waals surface area contributed by atoms with Gasteiger partial charge in [0.05, 0.1) is 0 Å². The predicted octanol–water partition coefficient (Wildman–Crippen LogP) is 3.18. The van der Waals surface area contributed by atoms with Crippen LogP contribution in [-0.4, -0.2) is 30.4 Å². The molecule has 0 heterocycles. The number of hydrogen-bond donors (Lipinski definition) is 1. The van der Waals surface area contributed by atoms with Gasteiger partial charge in [0, 0.05) is 19.5 Å². The second kappa shape index (κ2) is 6.68. The smallest absolute Gasteiger partial charge is 0.222 e. The second-order valence-electron chi connectivity index (χ2n) is 7.88.